The molecule has 0 unspecified atom stereocenters. The maximum Gasteiger partial charge on any atom is 0.233 e. The quantitative estimate of drug-likeness (QED) is 0.452. The van der Waals surface area contributed by atoms with Gasteiger partial charge in [0.1, 0.15) is 0 Å². The molecule has 0 aliphatic carbocycles. The first-order valence-electron chi connectivity index (χ1n) is 4.18. The van der Waals surface area contributed by atoms with Crippen molar-refractivity contribution in [1.29, 1.82) is 0 Å². The molecule has 0 aliphatic heterocycles. The Kier molecular flexibility index (Phi) is 7.41. The Balaban J connectivity index is 3.17. The summed E-state index contributed by atoms with van der Waals surface area (Å²) in [6.07, 6.45) is 0.801. The summed E-state index contributed by atoms with van der Waals surface area (Å²) in [5.41, 5.74) is 0. The minimum Gasteiger partial charge on any atom is -0.355 e. The largest absolute Gasteiger partial charge is 0.355 e. The molecule has 0 aromatic rings. The lowest BCUT2D eigenvalue weighted by molar-refractivity contribution is -0.120. The van der Waals surface area contributed by atoms with Crippen molar-refractivity contribution in [3.63, 3.8) is 0 Å². The van der Waals surface area contributed by atoms with Crippen LogP contribution in [0.2, 0.25) is 0 Å². The first-order chi connectivity index (χ1) is 5.81. The highest BCUT2D eigenvalue weighted by molar-refractivity contribution is 5.77. The van der Waals surface area contributed by atoms with Crippen LogP contribution in [0.4, 0.5) is 0 Å². The Hall–Kier alpha value is -1.01. The second-order valence-electron chi connectivity index (χ2n) is 2.31. The summed E-state index contributed by atoms with van der Waals surface area (Å²) in [4.78, 5) is 10.9. The maximum atomic E-state index is 10.9. The molecule has 0 saturated heterocycles. The van der Waals surface area contributed by atoms with Gasteiger partial charge in [0.2, 0.25) is 5.91 Å². The SMILES string of the molecule is CC#CCCNCC(=O)NCC. The van der Waals surface area contributed by atoms with Crippen LogP contribution in [0.15, 0.2) is 0 Å². The fourth-order valence-electron chi connectivity index (χ4n) is 0.737. The molecule has 0 aromatic carbocycles. The molecule has 0 rings (SSSR count). The van der Waals surface area contributed by atoms with E-state index in [0.717, 1.165) is 13.0 Å². The molecule has 68 valence electrons. The molecule has 0 heterocycles. The third kappa shape index (κ3) is 7.10. The van der Waals surface area contributed by atoms with Crippen LogP contribution in [0.1, 0.15) is 20.3 Å². The highest BCUT2D eigenvalue weighted by Gasteiger charge is 1.95. The first-order valence-corrected chi connectivity index (χ1v) is 4.18. The molecule has 0 radical (unpaired) electrons. The number of rotatable bonds is 5. The molecule has 0 aromatic heterocycles. The highest BCUT2D eigenvalue weighted by atomic mass is 16.1. The number of nitrogens with one attached hydrogen (secondary N) is 2. The van der Waals surface area contributed by atoms with Gasteiger partial charge < -0.3 is 10.6 Å². The molecule has 3 nitrogen and oxygen atoms in total. The van der Waals surface area contributed by atoms with Crippen LogP contribution in [0, 0.1) is 11.8 Å². The fourth-order valence-corrected chi connectivity index (χ4v) is 0.737. The highest BCUT2D eigenvalue weighted by Crippen LogP contribution is 1.71. The van der Waals surface area contributed by atoms with E-state index >= 15 is 0 Å². The summed E-state index contributed by atoms with van der Waals surface area (Å²) >= 11 is 0. The van der Waals surface area contributed by atoms with Gasteiger partial charge in [-0.05, 0) is 13.8 Å². The second-order valence-corrected chi connectivity index (χ2v) is 2.31. The van der Waals surface area contributed by atoms with Crippen LogP contribution >= 0.6 is 0 Å². The first kappa shape index (κ1) is 11.0. The van der Waals surface area contributed by atoms with Crippen molar-refractivity contribution in [3.05, 3.63) is 0 Å². The third-order valence-corrected chi connectivity index (χ3v) is 1.26. The van der Waals surface area contributed by atoms with E-state index in [1.807, 2.05) is 13.8 Å². The Bertz CT molecular complexity index is 179. The third-order valence-electron chi connectivity index (χ3n) is 1.26. The summed E-state index contributed by atoms with van der Waals surface area (Å²) in [5, 5.41) is 5.69. The van der Waals surface area contributed by atoms with Crippen molar-refractivity contribution in [2.45, 2.75) is 20.3 Å². The maximum absolute atomic E-state index is 10.9. The van der Waals surface area contributed by atoms with Crippen LogP contribution < -0.4 is 10.6 Å². The van der Waals surface area contributed by atoms with E-state index < -0.39 is 0 Å². The normalized spacial score (nSPS) is 8.50. The van der Waals surface area contributed by atoms with E-state index in [1.165, 1.54) is 0 Å². The molecule has 0 bridgehead atoms. The average Bonchev–Trinajstić information content (AvgIpc) is 2.05. The van der Waals surface area contributed by atoms with Gasteiger partial charge in [0.15, 0.2) is 0 Å². The molecule has 12 heavy (non-hydrogen) atoms. The molecular formula is C9H16N2O. The molecular weight excluding hydrogens is 152 g/mol. The van der Waals surface area contributed by atoms with Gasteiger partial charge in [-0.3, -0.25) is 4.79 Å². The summed E-state index contributed by atoms with van der Waals surface area (Å²) in [7, 11) is 0. The number of likely N-dealkylation sites (N-methyl/N-ethyl adjacent to an activating group) is 1. The Morgan fingerprint density at radius 3 is 2.83 bits per heavy atom. The zero-order chi connectivity index (χ0) is 9.23. The zero-order valence-electron chi connectivity index (χ0n) is 7.74. The molecule has 3 heteroatoms. The fraction of sp³-hybridized carbons (Fsp3) is 0.667. The summed E-state index contributed by atoms with van der Waals surface area (Å²) in [6, 6.07) is 0. The molecule has 0 atom stereocenters. The van der Waals surface area contributed by atoms with Crippen LogP contribution in [0.25, 0.3) is 0 Å². The van der Waals surface area contributed by atoms with E-state index in [-0.39, 0.29) is 5.91 Å². The van der Waals surface area contributed by atoms with Gasteiger partial charge in [0, 0.05) is 19.5 Å². The minimum atomic E-state index is 0.0435. The van der Waals surface area contributed by atoms with E-state index in [4.69, 9.17) is 0 Å². The van der Waals surface area contributed by atoms with Crippen molar-refractivity contribution in [2.24, 2.45) is 0 Å². The van der Waals surface area contributed by atoms with Crippen LogP contribution in [0.3, 0.4) is 0 Å². The lowest BCUT2D eigenvalue weighted by Gasteiger charge is -2.01. The molecule has 0 aliphatic rings. The standard InChI is InChI=1S/C9H16N2O/c1-3-5-6-7-10-8-9(12)11-4-2/h10H,4,6-8H2,1-2H3,(H,11,12). The number of carbonyl (C=O) groups is 1. The van der Waals surface area contributed by atoms with Gasteiger partial charge in [-0.1, -0.05) is 0 Å². The van der Waals surface area contributed by atoms with Crippen molar-refractivity contribution < 1.29 is 4.79 Å². The number of amides is 1. The lowest BCUT2D eigenvalue weighted by Crippen LogP contribution is -2.33. The minimum absolute atomic E-state index is 0.0435. The van der Waals surface area contributed by atoms with Crippen LogP contribution in [0.5, 0.6) is 0 Å². The van der Waals surface area contributed by atoms with Crippen LogP contribution in [-0.4, -0.2) is 25.5 Å². The summed E-state index contributed by atoms with van der Waals surface area (Å²) < 4.78 is 0. The molecule has 0 fully saturated rings. The van der Waals surface area contributed by atoms with Gasteiger partial charge >= 0.3 is 0 Å². The number of hydrogen-bond donors (Lipinski definition) is 2. The molecule has 2 N–H and O–H groups in total. The van der Waals surface area contributed by atoms with Crippen molar-refractivity contribution >= 4 is 5.91 Å². The van der Waals surface area contributed by atoms with E-state index in [9.17, 15) is 4.79 Å². The Morgan fingerprint density at radius 2 is 2.25 bits per heavy atom. The molecule has 0 saturated carbocycles. The van der Waals surface area contributed by atoms with Gasteiger partial charge in [0.25, 0.3) is 0 Å². The van der Waals surface area contributed by atoms with E-state index in [2.05, 4.69) is 22.5 Å². The van der Waals surface area contributed by atoms with Gasteiger partial charge in [0.05, 0.1) is 6.54 Å². The predicted octanol–water partition coefficient (Wildman–Crippen LogP) is 0.125. The van der Waals surface area contributed by atoms with Crippen molar-refractivity contribution in [2.75, 3.05) is 19.6 Å². The summed E-state index contributed by atoms with van der Waals surface area (Å²) in [6.45, 7) is 5.57. The smallest absolute Gasteiger partial charge is 0.233 e. The monoisotopic (exact) mass is 168 g/mol. The number of hydrogen-bond acceptors (Lipinski definition) is 2. The van der Waals surface area contributed by atoms with Gasteiger partial charge in [-0.25, -0.2) is 0 Å². The number of carbonyl (C=O) groups excluding carboxylic acids is 1. The van der Waals surface area contributed by atoms with E-state index in [1.54, 1.807) is 0 Å². The zero-order valence-corrected chi connectivity index (χ0v) is 7.74. The predicted molar refractivity (Wildman–Crippen MR) is 49.6 cm³/mol. The van der Waals surface area contributed by atoms with Crippen LogP contribution in [-0.2, 0) is 4.79 Å². The van der Waals surface area contributed by atoms with E-state index in [0.29, 0.717) is 13.1 Å². The topological polar surface area (TPSA) is 41.1 Å². The van der Waals surface area contributed by atoms with Gasteiger partial charge in [-0.2, -0.15) is 0 Å². The molecule has 0 spiro atoms. The molecule has 1 amide bonds. The Labute approximate surface area is 73.9 Å². The lowest BCUT2D eigenvalue weighted by atomic mass is 10.4. The van der Waals surface area contributed by atoms with Crippen molar-refractivity contribution in [3.8, 4) is 11.8 Å². The second kappa shape index (κ2) is 8.09. The average molecular weight is 168 g/mol. The summed E-state index contributed by atoms with van der Waals surface area (Å²) in [5.74, 6) is 5.74. The van der Waals surface area contributed by atoms with Crippen molar-refractivity contribution in [1.82, 2.24) is 10.6 Å². The Morgan fingerprint density at radius 1 is 1.50 bits per heavy atom. The van der Waals surface area contributed by atoms with Gasteiger partial charge in [-0.15, -0.1) is 11.8 Å².